The Morgan fingerprint density at radius 2 is 2.00 bits per heavy atom. The fraction of sp³-hybridized carbons (Fsp3) is 0.238. The Balaban J connectivity index is 1.68. The van der Waals surface area contributed by atoms with Gasteiger partial charge in [0.1, 0.15) is 11.4 Å². The third kappa shape index (κ3) is 3.87. The first-order chi connectivity index (χ1) is 15.0. The largest absolute Gasteiger partial charge is 0.494 e. The third-order valence-corrected chi connectivity index (χ3v) is 4.75. The van der Waals surface area contributed by atoms with Gasteiger partial charge in [-0.15, -0.1) is 5.10 Å². The van der Waals surface area contributed by atoms with E-state index in [2.05, 4.69) is 30.9 Å². The van der Waals surface area contributed by atoms with Crippen molar-refractivity contribution in [3.8, 4) is 17.3 Å². The van der Waals surface area contributed by atoms with E-state index in [0.717, 1.165) is 5.69 Å². The second kappa shape index (κ2) is 8.34. The maximum absolute atomic E-state index is 13.1. The number of amides is 1. The van der Waals surface area contributed by atoms with Crippen LogP contribution in [0.4, 0.5) is 5.69 Å². The summed E-state index contributed by atoms with van der Waals surface area (Å²) in [5.74, 6) is 1.63. The molecule has 0 saturated carbocycles. The molecule has 0 fully saturated rings. The minimum absolute atomic E-state index is 0.0561. The number of carbonyl (C=O) groups excluding carboxylic acids is 1. The maximum atomic E-state index is 13.1. The van der Waals surface area contributed by atoms with Crippen LogP contribution >= 0.6 is 0 Å². The van der Waals surface area contributed by atoms with E-state index in [-0.39, 0.29) is 11.8 Å². The predicted molar refractivity (Wildman–Crippen MR) is 114 cm³/mol. The first kappa shape index (κ1) is 20.2. The number of ether oxygens (including phenoxy) is 1. The molecule has 10 heteroatoms. The molecule has 0 radical (unpaired) electrons. The normalized spacial score (nSPS) is 11.0. The van der Waals surface area contributed by atoms with Crippen LogP contribution in [-0.4, -0.2) is 48.0 Å². The number of hydrogen-bond donors (Lipinski definition) is 1. The number of nitrogens with zero attached hydrogens (tertiary/aromatic N) is 7. The van der Waals surface area contributed by atoms with Gasteiger partial charge in [-0.25, -0.2) is 9.67 Å². The summed E-state index contributed by atoms with van der Waals surface area (Å²) in [6.07, 6.45) is 3.26. The zero-order valence-corrected chi connectivity index (χ0v) is 17.6. The van der Waals surface area contributed by atoms with Crippen LogP contribution in [-0.2, 0) is 0 Å². The summed E-state index contributed by atoms with van der Waals surface area (Å²) >= 11 is 0. The van der Waals surface area contributed by atoms with E-state index in [1.165, 1.54) is 0 Å². The van der Waals surface area contributed by atoms with Gasteiger partial charge >= 0.3 is 0 Å². The van der Waals surface area contributed by atoms with Crippen molar-refractivity contribution < 1.29 is 9.53 Å². The van der Waals surface area contributed by atoms with Gasteiger partial charge in [-0.05, 0) is 53.6 Å². The number of tetrazole rings is 1. The number of rotatable bonds is 6. The molecule has 0 saturated heterocycles. The van der Waals surface area contributed by atoms with Crippen molar-refractivity contribution in [2.45, 2.75) is 26.7 Å². The van der Waals surface area contributed by atoms with Gasteiger partial charge in [-0.3, -0.25) is 4.79 Å². The van der Waals surface area contributed by atoms with Crippen molar-refractivity contribution in [2.75, 3.05) is 12.4 Å². The lowest BCUT2D eigenvalue weighted by Gasteiger charge is -2.14. The molecule has 3 heterocycles. The second-order valence-electron chi connectivity index (χ2n) is 7.18. The van der Waals surface area contributed by atoms with Crippen LogP contribution < -0.4 is 10.1 Å². The van der Waals surface area contributed by atoms with Gasteiger partial charge in [0.05, 0.1) is 24.6 Å². The Labute approximate surface area is 178 Å². The van der Waals surface area contributed by atoms with Gasteiger partial charge in [0.25, 0.3) is 5.91 Å². The molecule has 10 nitrogen and oxygen atoms in total. The van der Waals surface area contributed by atoms with Crippen LogP contribution in [0, 0.1) is 6.92 Å². The molecule has 4 rings (SSSR count). The van der Waals surface area contributed by atoms with E-state index in [1.54, 1.807) is 54.0 Å². The van der Waals surface area contributed by atoms with E-state index in [4.69, 9.17) is 4.74 Å². The molecule has 0 bridgehead atoms. The zero-order chi connectivity index (χ0) is 22.0. The SMILES string of the molecule is COc1ccc(NC(=O)c2cnn(-c3ccccn3)c2C(C)C)cc1-n1nnnc1C. The fourth-order valence-corrected chi connectivity index (χ4v) is 3.34. The molecule has 3 aromatic heterocycles. The van der Waals surface area contributed by atoms with Crippen molar-refractivity contribution in [1.29, 1.82) is 0 Å². The van der Waals surface area contributed by atoms with Gasteiger partial charge in [0.2, 0.25) is 0 Å². The second-order valence-corrected chi connectivity index (χ2v) is 7.18. The van der Waals surface area contributed by atoms with Crippen molar-refractivity contribution in [3.63, 3.8) is 0 Å². The Morgan fingerprint density at radius 3 is 2.65 bits per heavy atom. The number of methoxy groups -OCH3 is 1. The fourth-order valence-electron chi connectivity index (χ4n) is 3.34. The summed E-state index contributed by atoms with van der Waals surface area (Å²) < 4.78 is 8.67. The van der Waals surface area contributed by atoms with Crippen molar-refractivity contribution >= 4 is 11.6 Å². The molecule has 0 atom stereocenters. The smallest absolute Gasteiger partial charge is 0.259 e. The molecule has 4 aromatic rings. The van der Waals surface area contributed by atoms with Crippen LogP contribution in [0.15, 0.2) is 48.8 Å². The Hall–Kier alpha value is -4.08. The van der Waals surface area contributed by atoms with Crippen LogP contribution in [0.25, 0.3) is 11.5 Å². The molecule has 158 valence electrons. The van der Waals surface area contributed by atoms with Gasteiger partial charge in [-0.1, -0.05) is 19.9 Å². The molecular formula is C21H22N8O2. The molecular weight excluding hydrogens is 396 g/mol. The molecule has 1 aromatic carbocycles. The van der Waals surface area contributed by atoms with E-state index < -0.39 is 0 Å². The molecule has 1 amide bonds. The number of aryl methyl sites for hydroxylation is 1. The molecule has 0 spiro atoms. The average Bonchev–Trinajstić information content (AvgIpc) is 3.41. The molecule has 0 aliphatic rings. The Bertz CT molecular complexity index is 1210. The van der Waals surface area contributed by atoms with Crippen LogP contribution in [0.2, 0.25) is 0 Å². The summed E-state index contributed by atoms with van der Waals surface area (Å²) in [5, 5.41) is 18.9. The topological polar surface area (TPSA) is 113 Å². The summed E-state index contributed by atoms with van der Waals surface area (Å²) in [7, 11) is 1.57. The highest BCUT2D eigenvalue weighted by molar-refractivity contribution is 6.05. The zero-order valence-electron chi connectivity index (χ0n) is 17.6. The van der Waals surface area contributed by atoms with Gasteiger partial charge < -0.3 is 10.1 Å². The minimum atomic E-state index is -0.268. The highest BCUT2D eigenvalue weighted by Gasteiger charge is 2.22. The maximum Gasteiger partial charge on any atom is 0.259 e. The summed E-state index contributed by atoms with van der Waals surface area (Å²) in [5.41, 5.74) is 2.46. The monoisotopic (exact) mass is 418 g/mol. The van der Waals surface area contributed by atoms with E-state index in [0.29, 0.717) is 34.3 Å². The molecule has 0 aliphatic carbocycles. The highest BCUT2D eigenvalue weighted by Crippen LogP contribution is 2.28. The van der Waals surface area contributed by atoms with E-state index >= 15 is 0 Å². The third-order valence-electron chi connectivity index (χ3n) is 4.75. The first-order valence-corrected chi connectivity index (χ1v) is 9.73. The molecule has 31 heavy (non-hydrogen) atoms. The average molecular weight is 418 g/mol. The summed E-state index contributed by atoms with van der Waals surface area (Å²) in [6, 6.07) is 10.9. The first-order valence-electron chi connectivity index (χ1n) is 9.73. The number of nitrogens with one attached hydrogen (secondary N) is 1. The lowest BCUT2D eigenvalue weighted by Crippen LogP contribution is -2.16. The van der Waals surface area contributed by atoms with Crippen molar-refractivity contribution in [1.82, 2.24) is 35.0 Å². The quantitative estimate of drug-likeness (QED) is 0.512. The van der Waals surface area contributed by atoms with Crippen molar-refractivity contribution in [3.05, 3.63) is 65.9 Å². The van der Waals surface area contributed by atoms with Crippen molar-refractivity contribution in [2.24, 2.45) is 0 Å². The lowest BCUT2D eigenvalue weighted by molar-refractivity contribution is 0.102. The Kier molecular flexibility index (Phi) is 5.44. The molecule has 1 N–H and O–H groups in total. The van der Waals surface area contributed by atoms with E-state index in [1.807, 2.05) is 32.0 Å². The van der Waals surface area contributed by atoms with Gasteiger partial charge in [0, 0.05) is 11.9 Å². The molecule has 0 aliphatic heterocycles. The Morgan fingerprint density at radius 1 is 1.16 bits per heavy atom. The number of benzene rings is 1. The number of aromatic nitrogens is 7. The number of carbonyl (C=O) groups is 1. The highest BCUT2D eigenvalue weighted by atomic mass is 16.5. The number of anilines is 1. The van der Waals surface area contributed by atoms with Crippen LogP contribution in [0.1, 0.15) is 41.6 Å². The van der Waals surface area contributed by atoms with Crippen LogP contribution in [0.3, 0.4) is 0 Å². The van der Waals surface area contributed by atoms with Crippen LogP contribution in [0.5, 0.6) is 5.75 Å². The summed E-state index contributed by atoms with van der Waals surface area (Å²) in [6.45, 7) is 5.81. The minimum Gasteiger partial charge on any atom is -0.494 e. The number of hydrogen-bond acceptors (Lipinski definition) is 7. The van der Waals surface area contributed by atoms with E-state index in [9.17, 15) is 4.79 Å². The predicted octanol–water partition coefficient (Wildman–Crippen LogP) is 2.94. The number of pyridine rings is 1. The lowest BCUT2D eigenvalue weighted by atomic mass is 10.1. The standard InChI is InChI=1S/C21H22N8O2/c1-13(2)20-16(12-23-29(20)19-7-5-6-10-22-19)21(30)24-15-8-9-18(31-4)17(11-15)28-14(3)25-26-27-28/h5-13H,1-4H3,(H,24,30). The summed E-state index contributed by atoms with van der Waals surface area (Å²) in [4.78, 5) is 17.5. The van der Waals surface area contributed by atoms with Gasteiger partial charge in [0.15, 0.2) is 11.6 Å². The molecule has 0 unspecified atom stereocenters. The van der Waals surface area contributed by atoms with Gasteiger partial charge in [-0.2, -0.15) is 9.78 Å².